The molecule has 0 spiro atoms. The molecule has 2 saturated heterocycles. The van der Waals surface area contributed by atoms with Crippen molar-refractivity contribution in [3.63, 3.8) is 0 Å². The van der Waals surface area contributed by atoms with Crippen molar-refractivity contribution in [3.05, 3.63) is 36.0 Å². The van der Waals surface area contributed by atoms with E-state index in [9.17, 15) is 19.5 Å². The molecule has 6 unspecified atom stereocenters. The molecule has 0 aromatic rings. The van der Waals surface area contributed by atoms with E-state index in [4.69, 9.17) is 14.2 Å². The number of aliphatic hydroxyl groups is 1. The number of rotatable bonds is 3. The molecule has 3 aliphatic rings. The van der Waals surface area contributed by atoms with Crippen LogP contribution in [0.1, 0.15) is 19.8 Å². The summed E-state index contributed by atoms with van der Waals surface area (Å²) in [5.41, 5.74) is 0.307. The quantitative estimate of drug-likeness (QED) is 0.345. The first kappa shape index (κ1) is 17.6. The van der Waals surface area contributed by atoms with E-state index in [0.717, 1.165) is 0 Å². The molecule has 3 rings (SSSR count). The Morgan fingerprint density at radius 3 is 2.80 bits per heavy atom. The summed E-state index contributed by atoms with van der Waals surface area (Å²) in [6, 6.07) is 0. The molecular weight excluding hydrogens is 328 g/mol. The first-order chi connectivity index (χ1) is 11.8. The Morgan fingerprint density at radius 1 is 1.44 bits per heavy atom. The van der Waals surface area contributed by atoms with Gasteiger partial charge >= 0.3 is 11.9 Å². The highest BCUT2D eigenvalue weighted by Crippen LogP contribution is 2.44. The third kappa shape index (κ3) is 3.17. The van der Waals surface area contributed by atoms with E-state index in [0.29, 0.717) is 19.1 Å². The number of esters is 2. The average Bonchev–Trinajstić information content (AvgIpc) is 3.28. The fraction of sp³-hybridized carbons (Fsp3) is 0.500. The van der Waals surface area contributed by atoms with Gasteiger partial charge in [0.2, 0.25) is 0 Å². The molecule has 0 saturated carbocycles. The first-order valence-corrected chi connectivity index (χ1v) is 8.10. The lowest BCUT2D eigenvalue weighted by Crippen LogP contribution is -2.45. The van der Waals surface area contributed by atoms with Crippen molar-refractivity contribution in [1.82, 2.24) is 0 Å². The standard InChI is InChI=1S/C18H20O7/c1-8(2)17(21)24-15-12-9(3)18(22)25-16(12)14-11(23-14)6-4-5-10(7-19)13(15)20/h5,7,11-16,20H,1,3-4,6H2,2H3. The zero-order valence-corrected chi connectivity index (χ0v) is 13.8. The lowest BCUT2D eigenvalue weighted by Gasteiger charge is -2.30. The SMILES string of the molecule is C=C(C)C(=O)OC1C(O)C(C=O)=CCCC2OC2C2OC(=O)C(=C)C12. The normalized spacial score (nSPS) is 37.1. The number of hydrogen-bond acceptors (Lipinski definition) is 7. The summed E-state index contributed by atoms with van der Waals surface area (Å²) in [5, 5.41) is 10.7. The summed E-state index contributed by atoms with van der Waals surface area (Å²) in [4.78, 5) is 35.5. The van der Waals surface area contributed by atoms with Crippen LogP contribution in [-0.2, 0) is 28.6 Å². The van der Waals surface area contributed by atoms with Crippen LogP contribution < -0.4 is 0 Å². The Balaban J connectivity index is 2.01. The third-order valence-corrected chi connectivity index (χ3v) is 4.77. The van der Waals surface area contributed by atoms with Crippen molar-refractivity contribution >= 4 is 18.2 Å². The summed E-state index contributed by atoms with van der Waals surface area (Å²) < 4.78 is 16.3. The van der Waals surface area contributed by atoms with Crippen LogP contribution in [-0.4, -0.2) is 53.9 Å². The van der Waals surface area contributed by atoms with Crippen LogP contribution in [0.15, 0.2) is 36.0 Å². The second-order valence-corrected chi connectivity index (χ2v) is 6.55. The minimum absolute atomic E-state index is 0.0867. The number of hydrogen-bond donors (Lipinski definition) is 1. The van der Waals surface area contributed by atoms with Gasteiger partial charge in [0.05, 0.1) is 12.0 Å². The second-order valence-electron chi connectivity index (χ2n) is 6.55. The lowest BCUT2D eigenvalue weighted by atomic mass is 9.83. The monoisotopic (exact) mass is 348 g/mol. The Hall–Kier alpha value is -2.25. The van der Waals surface area contributed by atoms with E-state index >= 15 is 0 Å². The molecule has 1 aliphatic carbocycles. The maximum Gasteiger partial charge on any atom is 0.334 e. The van der Waals surface area contributed by atoms with Crippen LogP contribution in [0.4, 0.5) is 0 Å². The predicted molar refractivity (Wildman–Crippen MR) is 85.3 cm³/mol. The second kappa shape index (κ2) is 6.57. The van der Waals surface area contributed by atoms with Crippen LogP contribution in [0.5, 0.6) is 0 Å². The number of carbonyl (C=O) groups is 3. The molecule has 2 heterocycles. The lowest BCUT2D eigenvalue weighted by molar-refractivity contribution is -0.155. The highest BCUT2D eigenvalue weighted by molar-refractivity contribution is 5.92. The minimum Gasteiger partial charge on any atom is -0.455 e. The van der Waals surface area contributed by atoms with Crippen LogP contribution in [0.3, 0.4) is 0 Å². The number of epoxide rings is 1. The smallest absolute Gasteiger partial charge is 0.334 e. The molecule has 7 heteroatoms. The number of ether oxygens (including phenoxy) is 3. The molecule has 0 aromatic heterocycles. The number of aldehydes is 1. The zero-order chi connectivity index (χ0) is 18.3. The maximum atomic E-state index is 12.0. The van der Waals surface area contributed by atoms with Gasteiger partial charge in [-0.05, 0) is 19.8 Å². The number of carbonyl (C=O) groups excluding carboxylic acids is 3. The summed E-state index contributed by atoms with van der Waals surface area (Å²) >= 11 is 0. The molecule has 2 fully saturated rings. The van der Waals surface area contributed by atoms with Gasteiger partial charge in [-0.25, -0.2) is 9.59 Å². The van der Waals surface area contributed by atoms with Crippen LogP contribution >= 0.6 is 0 Å². The Kier molecular flexibility index (Phi) is 4.62. The Labute approximate surface area is 144 Å². The van der Waals surface area contributed by atoms with Gasteiger partial charge in [-0.1, -0.05) is 19.2 Å². The van der Waals surface area contributed by atoms with Gasteiger partial charge in [-0.15, -0.1) is 0 Å². The van der Waals surface area contributed by atoms with Gasteiger partial charge in [0.25, 0.3) is 0 Å². The molecule has 134 valence electrons. The van der Waals surface area contributed by atoms with Gasteiger partial charge in [-0.3, -0.25) is 4.79 Å². The predicted octanol–water partition coefficient (Wildman–Crippen LogP) is 0.619. The van der Waals surface area contributed by atoms with Gasteiger partial charge in [0.1, 0.15) is 30.7 Å². The van der Waals surface area contributed by atoms with E-state index in [1.54, 1.807) is 6.08 Å². The molecular formula is C18H20O7. The topological polar surface area (TPSA) is 102 Å². The molecule has 2 aliphatic heterocycles. The summed E-state index contributed by atoms with van der Waals surface area (Å²) in [6.45, 7) is 8.71. The fourth-order valence-corrected chi connectivity index (χ4v) is 3.34. The number of aliphatic hydroxyl groups excluding tert-OH is 1. The largest absolute Gasteiger partial charge is 0.455 e. The van der Waals surface area contributed by atoms with Gasteiger partial charge in [-0.2, -0.15) is 0 Å². The van der Waals surface area contributed by atoms with Crippen LogP contribution in [0, 0.1) is 5.92 Å². The summed E-state index contributed by atoms with van der Waals surface area (Å²) in [7, 11) is 0. The first-order valence-electron chi connectivity index (χ1n) is 8.10. The third-order valence-electron chi connectivity index (χ3n) is 4.77. The van der Waals surface area contributed by atoms with E-state index in [1.807, 2.05) is 0 Å². The van der Waals surface area contributed by atoms with Crippen molar-refractivity contribution in [2.24, 2.45) is 5.92 Å². The van der Waals surface area contributed by atoms with Crippen molar-refractivity contribution in [1.29, 1.82) is 0 Å². The van der Waals surface area contributed by atoms with Gasteiger partial charge in [0.15, 0.2) is 0 Å². The van der Waals surface area contributed by atoms with E-state index in [1.165, 1.54) is 6.92 Å². The molecule has 0 radical (unpaired) electrons. The van der Waals surface area contributed by atoms with E-state index < -0.39 is 36.2 Å². The molecule has 0 bridgehead atoms. The van der Waals surface area contributed by atoms with Crippen LogP contribution in [0.25, 0.3) is 0 Å². The average molecular weight is 348 g/mol. The number of fused-ring (bicyclic) bond motifs is 3. The molecule has 25 heavy (non-hydrogen) atoms. The molecule has 0 aromatic carbocycles. The highest BCUT2D eigenvalue weighted by atomic mass is 16.6. The Morgan fingerprint density at radius 2 is 2.16 bits per heavy atom. The van der Waals surface area contributed by atoms with E-state index in [-0.39, 0.29) is 28.9 Å². The summed E-state index contributed by atoms with van der Waals surface area (Å²) in [6.07, 6.45) is -0.498. The number of allylic oxidation sites excluding steroid dienone is 1. The van der Waals surface area contributed by atoms with Crippen LogP contribution in [0.2, 0.25) is 0 Å². The highest BCUT2D eigenvalue weighted by Gasteiger charge is 2.58. The molecule has 0 amide bonds. The van der Waals surface area contributed by atoms with Crippen molar-refractivity contribution < 1.29 is 33.7 Å². The summed E-state index contributed by atoms with van der Waals surface area (Å²) in [5.74, 6) is -2.16. The van der Waals surface area contributed by atoms with Crippen molar-refractivity contribution in [2.45, 2.75) is 50.3 Å². The van der Waals surface area contributed by atoms with E-state index in [2.05, 4.69) is 13.2 Å². The minimum atomic E-state index is -1.41. The molecule has 7 nitrogen and oxygen atoms in total. The maximum absolute atomic E-state index is 12.0. The zero-order valence-electron chi connectivity index (χ0n) is 13.8. The molecule has 1 N–H and O–H groups in total. The molecule has 6 atom stereocenters. The fourth-order valence-electron chi connectivity index (χ4n) is 3.34. The van der Waals surface area contributed by atoms with Crippen molar-refractivity contribution in [3.8, 4) is 0 Å². The Bertz CT molecular complexity index is 677. The van der Waals surface area contributed by atoms with Crippen molar-refractivity contribution in [2.75, 3.05) is 0 Å². The van der Waals surface area contributed by atoms with Gasteiger partial charge < -0.3 is 19.3 Å². The van der Waals surface area contributed by atoms with Gasteiger partial charge in [0, 0.05) is 16.7 Å².